The highest BCUT2D eigenvalue weighted by Crippen LogP contribution is 2.42. The van der Waals surface area contributed by atoms with Crippen molar-refractivity contribution in [3.63, 3.8) is 0 Å². The van der Waals surface area contributed by atoms with Gasteiger partial charge in [0.05, 0.1) is 17.2 Å². The molecular formula is C16H13Cl2FO. The van der Waals surface area contributed by atoms with Gasteiger partial charge >= 0.3 is 0 Å². The van der Waals surface area contributed by atoms with Crippen LogP contribution in [0.15, 0.2) is 30.8 Å². The zero-order chi connectivity index (χ0) is 14.9. The molecule has 0 fully saturated rings. The van der Waals surface area contributed by atoms with Crippen LogP contribution in [0.3, 0.4) is 0 Å². The highest BCUT2D eigenvalue weighted by Gasteiger charge is 2.17. The smallest absolute Gasteiger partial charge is 0.134 e. The van der Waals surface area contributed by atoms with Crippen LogP contribution in [0.4, 0.5) is 4.39 Å². The number of methoxy groups -OCH3 is 1. The van der Waals surface area contributed by atoms with Crippen molar-refractivity contribution in [1.29, 1.82) is 0 Å². The maximum Gasteiger partial charge on any atom is 0.134 e. The van der Waals surface area contributed by atoms with E-state index in [1.54, 1.807) is 13.2 Å². The van der Waals surface area contributed by atoms with Crippen LogP contribution in [0.5, 0.6) is 5.75 Å². The van der Waals surface area contributed by atoms with Gasteiger partial charge in [0.2, 0.25) is 0 Å². The van der Waals surface area contributed by atoms with Crippen LogP contribution in [0, 0.1) is 12.7 Å². The highest BCUT2D eigenvalue weighted by atomic mass is 35.5. The third-order valence-electron chi connectivity index (χ3n) is 3.10. The Kier molecular flexibility index (Phi) is 4.36. The van der Waals surface area contributed by atoms with Gasteiger partial charge in [-0.3, -0.25) is 0 Å². The third-order valence-corrected chi connectivity index (χ3v) is 3.69. The lowest BCUT2D eigenvalue weighted by Gasteiger charge is -2.16. The fraction of sp³-hybridized carbons (Fsp3) is 0.125. The molecule has 4 heteroatoms. The van der Waals surface area contributed by atoms with Crippen LogP contribution in [0.1, 0.15) is 11.1 Å². The maximum absolute atomic E-state index is 13.3. The first-order valence-corrected chi connectivity index (χ1v) is 6.70. The van der Waals surface area contributed by atoms with Crippen molar-refractivity contribution in [2.75, 3.05) is 7.11 Å². The summed E-state index contributed by atoms with van der Waals surface area (Å²) in [7, 11) is 1.57. The Balaban J connectivity index is 2.80. The molecule has 0 amide bonds. The molecule has 0 unspecified atom stereocenters. The summed E-state index contributed by atoms with van der Waals surface area (Å²) in [6, 6.07) is 6.24. The summed E-state index contributed by atoms with van der Waals surface area (Å²) in [4.78, 5) is 0. The van der Waals surface area contributed by atoms with E-state index >= 15 is 0 Å². The lowest BCUT2D eigenvalue weighted by Crippen LogP contribution is -1.95. The summed E-state index contributed by atoms with van der Waals surface area (Å²) >= 11 is 12.3. The lowest BCUT2D eigenvalue weighted by atomic mass is 9.97. The summed E-state index contributed by atoms with van der Waals surface area (Å²) in [6.07, 6.45) is 1.71. The second kappa shape index (κ2) is 5.86. The summed E-state index contributed by atoms with van der Waals surface area (Å²) in [5.41, 5.74) is 3.15. The average Bonchev–Trinajstić information content (AvgIpc) is 2.38. The van der Waals surface area contributed by atoms with Gasteiger partial charge in [-0.1, -0.05) is 48.0 Å². The van der Waals surface area contributed by atoms with E-state index in [9.17, 15) is 4.39 Å². The molecule has 20 heavy (non-hydrogen) atoms. The lowest BCUT2D eigenvalue weighted by molar-refractivity contribution is 0.415. The van der Waals surface area contributed by atoms with Crippen molar-refractivity contribution in [3.05, 3.63) is 57.8 Å². The van der Waals surface area contributed by atoms with Crippen LogP contribution in [0.2, 0.25) is 10.0 Å². The van der Waals surface area contributed by atoms with Crippen molar-refractivity contribution < 1.29 is 9.13 Å². The van der Waals surface area contributed by atoms with Crippen molar-refractivity contribution >= 4 is 29.3 Å². The molecular weight excluding hydrogens is 298 g/mol. The van der Waals surface area contributed by atoms with Gasteiger partial charge in [0.1, 0.15) is 11.6 Å². The predicted octanol–water partition coefficient (Wildman–Crippen LogP) is 5.76. The second-order valence-corrected chi connectivity index (χ2v) is 5.14. The summed E-state index contributed by atoms with van der Waals surface area (Å²) in [6.45, 7) is 5.74. The quantitative estimate of drug-likeness (QED) is 0.700. The Hall–Kier alpha value is -1.51. The molecule has 1 nitrogen and oxygen atoms in total. The molecule has 0 aromatic heterocycles. The van der Waals surface area contributed by atoms with Gasteiger partial charge in [-0.2, -0.15) is 0 Å². The maximum atomic E-state index is 13.3. The molecule has 2 aromatic rings. The Labute approximate surface area is 127 Å². The van der Waals surface area contributed by atoms with Gasteiger partial charge < -0.3 is 4.74 Å². The normalized spacial score (nSPS) is 10.4. The minimum atomic E-state index is -0.473. The van der Waals surface area contributed by atoms with Gasteiger partial charge in [0.15, 0.2) is 0 Å². The summed E-state index contributed by atoms with van der Waals surface area (Å²) < 4.78 is 18.8. The highest BCUT2D eigenvalue weighted by molar-refractivity contribution is 6.39. The molecule has 0 spiro atoms. The van der Waals surface area contributed by atoms with Crippen LogP contribution in [0.25, 0.3) is 17.2 Å². The molecule has 0 saturated carbocycles. The van der Waals surface area contributed by atoms with E-state index in [0.717, 1.165) is 11.1 Å². The zero-order valence-electron chi connectivity index (χ0n) is 11.1. The van der Waals surface area contributed by atoms with Crippen LogP contribution < -0.4 is 4.74 Å². The Morgan fingerprint density at radius 2 is 1.80 bits per heavy atom. The molecule has 0 N–H and O–H groups in total. The van der Waals surface area contributed by atoms with E-state index in [4.69, 9.17) is 27.9 Å². The molecule has 0 heterocycles. The van der Waals surface area contributed by atoms with Gasteiger partial charge in [0.25, 0.3) is 0 Å². The summed E-state index contributed by atoms with van der Waals surface area (Å²) in [5.74, 6) is 0.147. The number of aryl methyl sites for hydroxylation is 1. The molecule has 0 aliphatic heterocycles. The third kappa shape index (κ3) is 2.54. The number of hydrogen-bond acceptors (Lipinski definition) is 1. The Morgan fingerprint density at radius 1 is 1.20 bits per heavy atom. The standard InChI is InChI=1S/C16H13Cl2FO/c1-4-11-9(2)5-6-12(16(11)20-3)15-13(17)7-10(19)8-14(15)18/h4-8H,1H2,2-3H3. The van der Waals surface area contributed by atoms with E-state index in [0.29, 0.717) is 16.9 Å². The van der Waals surface area contributed by atoms with Crippen molar-refractivity contribution in [2.24, 2.45) is 0 Å². The topological polar surface area (TPSA) is 9.23 Å². The molecule has 0 aliphatic carbocycles. The number of ether oxygens (including phenoxy) is 1. The molecule has 0 atom stereocenters. The van der Waals surface area contributed by atoms with Crippen LogP contribution in [-0.2, 0) is 0 Å². The van der Waals surface area contributed by atoms with Gasteiger partial charge in [-0.05, 0) is 24.6 Å². The minimum absolute atomic E-state index is 0.243. The van der Waals surface area contributed by atoms with Crippen molar-refractivity contribution in [3.8, 4) is 16.9 Å². The molecule has 104 valence electrons. The van der Waals surface area contributed by atoms with Crippen LogP contribution in [-0.4, -0.2) is 7.11 Å². The molecule has 2 aromatic carbocycles. The van der Waals surface area contributed by atoms with E-state index in [2.05, 4.69) is 6.58 Å². The van der Waals surface area contributed by atoms with Gasteiger partial charge in [-0.25, -0.2) is 4.39 Å². The van der Waals surface area contributed by atoms with E-state index in [-0.39, 0.29) is 10.0 Å². The number of benzene rings is 2. The fourth-order valence-electron chi connectivity index (χ4n) is 2.17. The van der Waals surface area contributed by atoms with Gasteiger partial charge in [-0.15, -0.1) is 0 Å². The average molecular weight is 311 g/mol. The molecule has 0 aliphatic rings. The molecule has 0 bridgehead atoms. The SMILES string of the molecule is C=Cc1c(C)ccc(-c2c(Cl)cc(F)cc2Cl)c1OC. The largest absolute Gasteiger partial charge is 0.495 e. The molecule has 2 rings (SSSR count). The predicted molar refractivity (Wildman–Crippen MR) is 83.2 cm³/mol. The Bertz CT molecular complexity index is 657. The first-order valence-electron chi connectivity index (χ1n) is 5.94. The fourth-order valence-corrected chi connectivity index (χ4v) is 2.83. The van der Waals surface area contributed by atoms with Crippen molar-refractivity contribution in [2.45, 2.75) is 6.92 Å². The first-order chi connectivity index (χ1) is 9.49. The number of halogens is 3. The molecule has 0 radical (unpaired) electrons. The van der Waals surface area contributed by atoms with E-state index in [1.807, 2.05) is 19.1 Å². The number of rotatable bonds is 3. The van der Waals surface area contributed by atoms with E-state index in [1.165, 1.54) is 12.1 Å². The van der Waals surface area contributed by atoms with Crippen LogP contribution >= 0.6 is 23.2 Å². The monoisotopic (exact) mass is 310 g/mol. The minimum Gasteiger partial charge on any atom is -0.495 e. The molecule has 0 saturated heterocycles. The second-order valence-electron chi connectivity index (χ2n) is 4.33. The number of hydrogen-bond donors (Lipinski definition) is 0. The zero-order valence-corrected chi connectivity index (χ0v) is 12.6. The Morgan fingerprint density at radius 3 is 2.30 bits per heavy atom. The first kappa shape index (κ1) is 14.9. The van der Waals surface area contributed by atoms with E-state index < -0.39 is 5.82 Å². The van der Waals surface area contributed by atoms with Gasteiger partial charge in [0, 0.05) is 16.7 Å². The summed E-state index contributed by atoms with van der Waals surface area (Å²) in [5, 5.41) is 0.485. The van der Waals surface area contributed by atoms with Crippen molar-refractivity contribution in [1.82, 2.24) is 0 Å².